The first-order valence-corrected chi connectivity index (χ1v) is 5.37. The topological polar surface area (TPSA) is 35.2 Å². The predicted molar refractivity (Wildman–Crippen MR) is 56.2 cm³/mol. The van der Waals surface area contributed by atoms with Crippen molar-refractivity contribution in [2.45, 2.75) is 11.3 Å². The Bertz CT molecular complexity index is 303. The van der Waals surface area contributed by atoms with Crippen molar-refractivity contribution in [3.05, 3.63) is 29.8 Å². The number of hydrogen-bond acceptors (Lipinski definition) is 3. The summed E-state index contributed by atoms with van der Waals surface area (Å²) in [6.45, 7) is 0. The molecule has 0 bridgehead atoms. The molecule has 1 aliphatic heterocycles. The Morgan fingerprint density at radius 1 is 1.54 bits per heavy atom. The minimum Gasteiger partial charge on any atom is -0.497 e. The standard InChI is InChI=1S/C10H13NOS/c1-12-8-4-2-3-7(5-8)10-9(11)6-13-10/h2-5,9-10H,6,11H2,1H3. The zero-order valence-electron chi connectivity index (χ0n) is 7.57. The van der Waals surface area contributed by atoms with Gasteiger partial charge in [0.25, 0.3) is 0 Å². The highest BCUT2D eigenvalue weighted by atomic mass is 32.2. The van der Waals surface area contributed by atoms with Gasteiger partial charge in [-0.25, -0.2) is 0 Å². The summed E-state index contributed by atoms with van der Waals surface area (Å²) in [6, 6.07) is 8.46. The van der Waals surface area contributed by atoms with Crippen LogP contribution in [0.25, 0.3) is 0 Å². The molecule has 2 unspecified atom stereocenters. The average Bonchev–Trinajstić information content (AvgIpc) is 2.16. The second kappa shape index (κ2) is 3.60. The zero-order chi connectivity index (χ0) is 9.26. The van der Waals surface area contributed by atoms with Crippen molar-refractivity contribution in [1.82, 2.24) is 0 Å². The number of benzene rings is 1. The van der Waals surface area contributed by atoms with E-state index in [0.717, 1.165) is 11.5 Å². The van der Waals surface area contributed by atoms with Gasteiger partial charge >= 0.3 is 0 Å². The van der Waals surface area contributed by atoms with Gasteiger partial charge in [0.1, 0.15) is 5.75 Å². The van der Waals surface area contributed by atoms with Crippen molar-refractivity contribution in [3.8, 4) is 5.75 Å². The molecule has 2 atom stereocenters. The van der Waals surface area contributed by atoms with Crippen LogP contribution in [0.4, 0.5) is 0 Å². The first-order valence-electron chi connectivity index (χ1n) is 4.32. The summed E-state index contributed by atoms with van der Waals surface area (Å²) in [5, 5.41) is 0.468. The van der Waals surface area contributed by atoms with E-state index >= 15 is 0 Å². The fraction of sp³-hybridized carbons (Fsp3) is 0.400. The molecule has 3 heteroatoms. The van der Waals surface area contributed by atoms with Crippen LogP contribution in [0.2, 0.25) is 0 Å². The Balaban J connectivity index is 2.20. The predicted octanol–water partition coefficient (Wildman–Crippen LogP) is 1.81. The SMILES string of the molecule is COc1cccc(C2SCC2N)c1. The van der Waals surface area contributed by atoms with Gasteiger partial charge in [-0.3, -0.25) is 0 Å². The summed E-state index contributed by atoms with van der Waals surface area (Å²) in [6.07, 6.45) is 0. The summed E-state index contributed by atoms with van der Waals surface area (Å²) < 4.78 is 5.16. The Kier molecular flexibility index (Phi) is 2.47. The lowest BCUT2D eigenvalue weighted by molar-refractivity contribution is 0.414. The van der Waals surface area contributed by atoms with E-state index in [-0.39, 0.29) is 0 Å². The quantitative estimate of drug-likeness (QED) is 0.781. The van der Waals surface area contributed by atoms with Gasteiger partial charge in [-0.15, -0.1) is 0 Å². The minimum absolute atomic E-state index is 0.317. The number of hydrogen-bond donors (Lipinski definition) is 1. The van der Waals surface area contributed by atoms with E-state index in [1.807, 2.05) is 23.9 Å². The van der Waals surface area contributed by atoms with Crippen LogP contribution in [0.1, 0.15) is 10.8 Å². The number of ether oxygens (including phenoxy) is 1. The summed E-state index contributed by atoms with van der Waals surface area (Å²) in [5.74, 6) is 1.99. The van der Waals surface area contributed by atoms with Crippen molar-refractivity contribution in [2.75, 3.05) is 12.9 Å². The molecule has 1 saturated heterocycles. The molecule has 0 amide bonds. The van der Waals surface area contributed by atoms with Crippen molar-refractivity contribution in [3.63, 3.8) is 0 Å². The molecule has 0 spiro atoms. The van der Waals surface area contributed by atoms with Crippen LogP contribution in [-0.4, -0.2) is 18.9 Å². The largest absolute Gasteiger partial charge is 0.497 e. The average molecular weight is 195 g/mol. The van der Waals surface area contributed by atoms with Gasteiger partial charge < -0.3 is 10.5 Å². The van der Waals surface area contributed by atoms with Gasteiger partial charge in [-0.1, -0.05) is 12.1 Å². The highest BCUT2D eigenvalue weighted by Gasteiger charge is 2.29. The second-order valence-corrected chi connectivity index (χ2v) is 4.37. The first kappa shape index (κ1) is 8.91. The van der Waals surface area contributed by atoms with E-state index in [9.17, 15) is 0 Å². The van der Waals surface area contributed by atoms with E-state index in [4.69, 9.17) is 10.5 Å². The lowest BCUT2D eigenvalue weighted by Gasteiger charge is -2.33. The van der Waals surface area contributed by atoms with Gasteiger partial charge in [0, 0.05) is 17.0 Å². The maximum atomic E-state index is 5.88. The molecular weight excluding hydrogens is 182 g/mol. The van der Waals surface area contributed by atoms with Crippen LogP contribution < -0.4 is 10.5 Å². The number of thioether (sulfide) groups is 1. The third kappa shape index (κ3) is 1.67. The molecule has 1 aromatic carbocycles. The Morgan fingerprint density at radius 2 is 2.38 bits per heavy atom. The third-order valence-electron chi connectivity index (χ3n) is 2.28. The molecule has 2 nitrogen and oxygen atoms in total. The monoisotopic (exact) mass is 195 g/mol. The molecule has 0 saturated carbocycles. The number of rotatable bonds is 2. The summed E-state index contributed by atoms with van der Waals surface area (Å²) in [5.41, 5.74) is 7.17. The highest BCUT2D eigenvalue weighted by Crippen LogP contribution is 2.42. The molecule has 1 aromatic rings. The van der Waals surface area contributed by atoms with Crippen molar-refractivity contribution in [1.29, 1.82) is 0 Å². The lowest BCUT2D eigenvalue weighted by atomic mass is 10.1. The first-order chi connectivity index (χ1) is 6.31. The van der Waals surface area contributed by atoms with Crippen molar-refractivity contribution >= 4 is 11.8 Å². The molecule has 1 fully saturated rings. The van der Waals surface area contributed by atoms with E-state index in [0.29, 0.717) is 11.3 Å². The molecule has 2 N–H and O–H groups in total. The third-order valence-corrected chi connectivity index (χ3v) is 3.84. The maximum Gasteiger partial charge on any atom is 0.119 e. The van der Waals surface area contributed by atoms with Gasteiger partial charge in [0.05, 0.1) is 7.11 Å². The van der Waals surface area contributed by atoms with E-state index < -0.39 is 0 Å². The van der Waals surface area contributed by atoms with Crippen molar-refractivity contribution in [2.24, 2.45) is 5.73 Å². The Hall–Kier alpha value is -0.670. The van der Waals surface area contributed by atoms with Gasteiger partial charge in [-0.2, -0.15) is 11.8 Å². The molecule has 1 heterocycles. The van der Waals surface area contributed by atoms with Crippen LogP contribution in [0.3, 0.4) is 0 Å². The summed E-state index contributed by atoms with van der Waals surface area (Å²) in [4.78, 5) is 0. The van der Waals surface area contributed by atoms with Crippen LogP contribution in [-0.2, 0) is 0 Å². The zero-order valence-corrected chi connectivity index (χ0v) is 8.38. The van der Waals surface area contributed by atoms with Crippen LogP contribution in [0.5, 0.6) is 5.75 Å². The van der Waals surface area contributed by atoms with Crippen LogP contribution in [0.15, 0.2) is 24.3 Å². The van der Waals surface area contributed by atoms with E-state index in [2.05, 4.69) is 12.1 Å². The fourth-order valence-corrected chi connectivity index (χ4v) is 2.41. The molecule has 0 aliphatic carbocycles. The fourth-order valence-electron chi connectivity index (χ4n) is 1.47. The molecule has 0 aromatic heterocycles. The highest BCUT2D eigenvalue weighted by molar-refractivity contribution is 8.01. The number of methoxy groups -OCH3 is 1. The molecule has 13 heavy (non-hydrogen) atoms. The maximum absolute atomic E-state index is 5.88. The minimum atomic E-state index is 0.317. The normalized spacial score (nSPS) is 26.6. The van der Waals surface area contributed by atoms with Gasteiger partial charge in [0.15, 0.2) is 0 Å². The smallest absolute Gasteiger partial charge is 0.119 e. The summed E-state index contributed by atoms with van der Waals surface area (Å²) >= 11 is 1.91. The second-order valence-electron chi connectivity index (χ2n) is 3.19. The van der Waals surface area contributed by atoms with Crippen LogP contribution >= 0.6 is 11.8 Å². The lowest BCUT2D eigenvalue weighted by Crippen LogP contribution is -2.37. The molecule has 0 radical (unpaired) electrons. The van der Waals surface area contributed by atoms with Gasteiger partial charge in [0.2, 0.25) is 0 Å². The molecular formula is C10H13NOS. The molecule has 1 aliphatic rings. The number of nitrogens with two attached hydrogens (primary N) is 1. The molecule has 2 rings (SSSR count). The van der Waals surface area contributed by atoms with Crippen LogP contribution in [0, 0.1) is 0 Å². The van der Waals surface area contributed by atoms with Gasteiger partial charge in [-0.05, 0) is 17.7 Å². The van der Waals surface area contributed by atoms with Crippen molar-refractivity contribution < 1.29 is 4.74 Å². The Morgan fingerprint density at radius 3 is 2.92 bits per heavy atom. The van der Waals surface area contributed by atoms with E-state index in [1.54, 1.807) is 7.11 Å². The summed E-state index contributed by atoms with van der Waals surface area (Å²) in [7, 11) is 1.69. The van der Waals surface area contributed by atoms with E-state index in [1.165, 1.54) is 5.56 Å². The molecule has 70 valence electrons. The Labute approximate surface area is 82.5 Å².